The summed E-state index contributed by atoms with van der Waals surface area (Å²) in [5, 5.41) is 39.0. The van der Waals surface area contributed by atoms with Gasteiger partial charge in [0, 0.05) is 11.5 Å². The first kappa shape index (κ1) is 21.9. The van der Waals surface area contributed by atoms with Gasteiger partial charge in [-0.3, -0.25) is 0 Å². The number of aliphatic hydroxyl groups is 4. The summed E-state index contributed by atoms with van der Waals surface area (Å²) in [6, 6.07) is 0. The molecule has 0 aliphatic heterocycles. The van der Waals surface area contributed by atoms with Crippen LogP contribution in [0.2, 0.25) is 0 Å². The van der Waals surface area contributed by atoms with Crippen LogP contribution in [0.15, 0.2) is 0 Å². The third-order valence-electron chi connectivity index (χ3n) is 1.66. The molecule has 0 rings (SSSR count). The van der Waals surface area contributed by atoms with Crippen LogP contribution in [0.25, 0.3) is 5.32 Å². The van der Waals surface area contributed by atoms with Crippen LogP contribution in [-0.4, -0.2) is 74.0 Å². The summed E-state index contributed by atoms with van der Waals surface area (Å²) in [5.41, 5.74) is 0. The number of nitrogens with zero attached hydrogens (tertiary/aromatic N) is 1. The van der Waals surface area contributed by atoms with Gasteiger partial charge in [0.15, 0.2) is 0 Å². The van der Waals surface area contributed by atoms with E-state index in [0.29, 0.717) is 15.0 Å². The Balaban J connectivity index is 0. The van der Waals surface area contributed by atoms with Gasteiger partial charge in [-0.2, -0.15) is 13.1 Å². The molecule has 0 spiro atoms. The SMILES string of the molecule is CC[N-]CC.OCC(O)CSC(=S)SCC(O)CO. The van der Waals surface area contributed by atoms with Crippen LogP contribution < -0.4 is 0 Å². The first-order chi connectivity index (χ1) is 9.01. The molecule has 0 aliphatic carbocycles. The molecular weight excluding hydrogens is 306 g/mol. The molecule has 2 unspecified atom stereocenters. The molecule has 0 bridgehead atoms. The fourth-order valence-electron chi connectivity index (χ4n) is 0.699. The third kappa shape index (κ3) is 18.6. The molecular formula is C11H24NO4S3-. The lowest BCUT2D eigenvalue weighted by molar-refractivity contribution is 0.113. The highest BCUT2D eigenvalue weighted by Gasteiger charge is 2.08. The largest absolute Gasteiger partial charge is 0.663 e. The van der Waals surface area contributed by atoms with E-state index in [9.17, 15) is 0 Å². The molecule has 2 atom stereocenters. The number of hydrogen-bond acceptors (Lipinski definition) is 7. The number of rotatable bonds is 8. The van der Waals surface area contributed by atoms with Gasteiger partial charge in [0.05, 0.1) is 25.4 Å². The number of thiocarbonyl (C=S) groups is 1. The second kappa shape index (κ2) is 16.6. The van der Waals surface area contributed by atoms with Crippen LogP contribution in [0, 0.1) is 0 Å². The average Bonchev–Trinajstić information content (AvgIpc) is 2.43. The van der Waals surface area contributed by atoms with Crippen molar-refractivity contribution in [3.8, 4) is 0 Å². The van der Waals surface area contributed by atoms with E-state index in [1.54, 1.807) is 0 Å². The van der Waals surface area contributed by atoms with Crippen molar-refractivity contribution in [2.45, 2.75) is 26.1 Å². The van der Waals surface area contributed by atoms with Crippen LogP contribution in [0.1, 0.15) is 13.8 Å². The van der Waals surface area contributed by atoms with Crippen molar-refractivity contribution in [1.29, 1.82) is 0 Å². The molecule has 0 aromatic carbocycles. The normalized spacial score (nSPS) is 13.4. The molecule has 0 saturated carbocycles. The predicted octanol–water partition coefficient (Wildman–Crippen LogP) is 0.844. The van der Waals surface area contributed by atoms with Crippen molar-refractivity contribution in [3.05, 3.63) is 5.32 Å². The lowest BCUT2D eigenvalue weighted by Gasteiger charge is -2.08. The van der Waals surface area contributed by atoms with Gasteiger partial charge in [0.25, 0.3) is 0 Å². The Kier molecular flexibility index (Phi) is 19.2. The molecule has 5 nitrogen and oxygen atoms in total. The van der Waals surface area contributed by atoms with E-state index in [-0.39, 0.29) is 13.2 Å². The van der Waals surface area contributed by atoms with Gasteiger partial charge in [-0.1, -0.05) is 26.1 Å². The van der Waals surface area contributed by atoms with E-state index in [1.807, 2.05) is 13.8 Å². The summed E-state index contributed by atoms with van der Waals surface area (Å²) in [6.07, 6.45) is -1.53. The smallest absolute Gasteiger partial charge is 0.104 e. The Morgan fingerprint density at radius 1 is 1.00 bits per heavy atom. The van der Waals surface area contributed by atoms with Crippen molar-refractivity contribution in [2.24, 2.45) is 0 Å². The maximum atomic E-state index is 9.00. The van der Waals surface area contributed by atoms with Crippen LogP contribution in [-0.2, 0) is 0 Å². The van der Waals surface area contributed by atoms with Gasteiger partial charge in [-0.15, -0.1) is 23.5 Å². The Bertz CT molecular complexity index is 192. The second-order valence-corrected chi connectivity index (χ2v) is 6.64. The average molecular weight is 331 g/mol. The van der Waals surface area contributed by atoms with Gasteiger partial charge >= 0.3 is 0 Å². The van der Waals surface area contributed by atoms with Crippen LogP contribution in [0.5, 0.6) is 0 Å². The highest BCUT2D eigenvalue weighted by Crippen LogP contribution is 2.18. The second-order valence-electron chi connectivity index (χ2n) is 3.40. The minimum Gasteiger partial charge on any atom is -0.663 e. The number of thioether (sulfide) groups is 2. The first-order valence-electron chi connectivity index (χ1n) is 6.02. The quantitative estimate of drug-likeness (QED) is 0.490. The van der Waals surface area contributed by atoms with E-state index in [0.717, 1.165) is 13.1 Å². The number of aliphatic hydroxyl groups excluding tert-OH is 4. The van der Waals surface area contributed by atoms with Gasteiger partial charge in [0.1, 0.15) is 3.53 Å². The Morgan fingerprint density at radius 3 is 1.58 bits per heavy atom. The van der Waals surface area contributed by atoms with Gasteiger partial charge in [-0.05, 0) is 0 Å². The van der Waals surface area contributed by atoms with E-state index >= 15 is 0 Å². The molecule has 0 amide bonds. The lowest BCUT2D eigenvalue weighted by Crippen LogP contribution is -2.17. The van der Waals surface area contributed by atoms with Crippen LogP contribution in [0.3, 0.4) is 0 Å². The van der Waals surface area contributed by atoms with Crippen LogP contribution in [0.4, 0.5) is 0 Å². The first-order valence-corrected chi connectivity index (χ1v) is 8.40. The van der Waals surface area contributed by atoms with Gasteiger partial charge in [0.2, 0.25) is 0 Å². The van der Waals surface area contributed by atoms with E-state index in [2.05, 4.69) is 5.32 Å². The Labute approximate surface area is 129 Å². The standard InChI is InChI=1S/C7H14O4S3.C4H10N/c8-1-5(10)3-13-7(12)14-4-6(11)2-9;1-3-5-4-2/h5-6,8-11H,1-4H2;3-4H2,1-2H3/q;-1. The summed E-state index contributed by atoms with van der Waals surface area (Å²) in [7, 11) is 0. The van der Waals surface area contributed by atoms with E-state index in [1.165, 1.54) is 23.5 Å². The molecule has 0 heterocycles. The fraction of sp³-hybridized carbons (Fsp3) is 0.909. The molecule has 0 radical (unpaired) electrons. The summed E-state index contributed by atoms with van der Waals surface area (Å²) in [5.74, 6) is 0.690. The summed E-state index contributed by atoms with van der Waals surface area (Å²) < 4.78 is 0.588. The highest BCUT2D eigenvalue weighted by molar-refractivity contribution is 8.47. The van der Waals surface area contributed by atoms with Gasteiger partial charge in [-0.25, -0.2) is 0 Å². The Morgan fingerprint density at radius 2 is 1.37 bits per heavy atom. The van der Waals surface area contributed by atoms with Crippen molar-refractivity contribution < 1.29 is 20.4 Å². The molecule has 0 saturated heterocycles. The van der Waals surface area contributed by atoms with E-state index in [4.69, 9.17) is 32.6 Å². The zero-order chi connectivity index (χ0) is 15.1. The predicted molar refractivity (Wildman–Crippen MR) is 88.1 cm³/mol. The highest BCUT2D eigenvalue weighted by atomic mass is 32.2. The molecule has 4 N–H and O–H groups in total. The van der Waals surface area contributed by atoms with E-state index < -0.39 is 12.2 Å². The van der Waals surface area contributed by atoms with Crippen LogP contribution >= 0.6 is 35.7 Å². The fourth-order valence-corrected chi connectivity index (χ4v) is 2.72. The van der Waals surface area contributed by atoms with Crippen molar-refractivity contribution in [3.63, 3.8) is 0 Å². The summed E-state index contributed by atoms with van der Waals surface area (Å²) in [4.78, 5) is 0. The molecule has 0 aromatic rings. The molecule has 8 heteroatoms. The van der Waals surface area contributed by atoms with Crippen molar-refractivity contribution >= 4 is 39.3 Å². The monoisotopic (exact) mass is 330 g/mol. The molecule has 116 valence electrons. The van der Waals surface area contributed by atoms with Crippen molar-refractivity contribution in [2.75, 3.05) is 37.8 Å². The maximum absolute atomic E-state index is 9.00. The lowest BCUT2D eigenvalue weighted by atomic mass is 10.4. The zero-order valence-corrected chi connectivity index (χ0v) is 13.8. The zero-order valence-electron chi connectivity index (χ0n) is 11.4. The molecule has 0 fully saturated rings. The third-order valence-corrected chi connectivity index (χ3v) is 4.64. The molecule has 19 heavy (non-hydrogen) atoms. The summed E-state index contributed by atoms with van der Waals surface area (Å²) >= 11 is 7.43. The van der Waals surface area contributed by atoms with Gasteiger partial charge < -0.3 is 25.7 Å². The minimum absolute atomic E-state index is 0.278. The molecule has 0 aromatic heterocycles. The maximum Gasteiger partial charge on any atom is 0.104 e. The Hall–Kier alpha value is 0.590. The van der Waals surface area contributed by atoms with Crippen molar-refractivity contribution in [1.82, 2.24) is 0 Å². The number of hydrogen-bond donors (Lipinski definition) is 4. The summed E-state index contributed by atoms with van der Waals surface area (Å²) in [6.45, 7) is 5.47. The topological polar surface area (TPSA) is 95.0 Å². The minimum atomic E-state index is -0.763. The molecule has 0 aliphatic rings.